The summed E-state index contributed by atoms with van der Waals surface area (Å²) in [5.41, 5.74) is 4.83. The van der Waals surface area contributed by atoms with Crippen LogP contribution in [0.4, 0.5) is 0 Å². The number of nitrogens with one attached hydrogen (secondary N) is 1. The van der Waals surface area contributed by atoms with Gasteiger partial charge in [0.25, 0.3) is 5.91 Å². The third-order valence-electron chi connectivity index (χ3n) is 4.08. The van der Waals surface area contributed by atoms with Gasteiger partial charge in [-0.2, -0.15) is 0 Å². The molecular weight excluding hydrogens is 330 g/mol. The maximum atomic E-state index is 12.6. The lowest BCUT2D eigenvalue weighted by molar-refractivity contribution is 0.0945. The van der Waals surface area contributed by atoms with E-state index in [-0.39, 0.29) is 5.91 Å². The Balaban J connectivity index is 1.55. The number of rotatable bonds is 4. The van der Waals surface area contributed by atoms with Gasteiger partial charge in [-0.3, -0.25) is 9.20 Å². The number of fused-ring (bicyclic) bond motifs is 1. The van der Waals surface area contributed by atoms with Gasteiger partial charge in [-0.1, -0.05) is 60.2 Å². The topological polar surface area (TPSA) is 46.4 Å². The molecule has 0 atom stereocenters. The predicted molar refractivity (Wildman–Crippen MR) is 101 cm³/mol. The lowest BCUT2D eigenvalue weighted by Gasteiger charge is -2.05. The summed E-state index contributed by atoms with van der Waals surface area (Å²) in [4.78, 5) is 18.0. The molecule has 4 nitrogen and oxygen atoms in total. The zero-order valence-electron chi connectivity index (χ0n) is 13.8. The highest BCUT2D eigenvalue weighted by atomic mass is 32.1. The van der Waals surface area contributed by atoms with Crippen molar-refractivity contribution in [2.45, 2.75) is 13.5 Å². The van der Waals surface area contributed by atoms with Crippen molar-refractivity contribution in [3.8, 4) is 11.3 Å². The van der Waals surface area contributed by atoms with E-state index in [9.17, 15) is 4.79 Å². The Labute approximate surface area is 149 Å². The summed E-state index contributed by atoms with van der Waals surface area (Å²) < 4.78 is 1.86. The number of amides is 1. The van der Waals surface area contributed by atoms with E-state index in [0.29, 0.717) is 12.2 Å². The first kappa shape index (κ1) is 15.6. The van der Waals surface area contributed by atoms with Crippen molar-refractivity contribution in [1.29, 1.82) is 0 Å². The van der Waals surface area contributed by atoms with Crippen LogP contribution in [0, 0.1) is 6.92 Å². The van der Waals surface area contributed by atoms with Crippen LogP contribution in [0.25, 0.3) is 16.2 Å². The lowest BCUT2D eigenvalue weighted by Crippen LogP contribution is -2.23. The molecule has 0 spiro atoms. The van der Waals surface area contributed by atoms with E-state index in [1.165, 1.54) is 16.9 Å². The molecule has 25 heavy (non-hydrogen) atoms. The van der Waals surface area contributed by atoms with Gasteiger partial charge in [0.1, 0.15) is 5.69 Å². The molecule has 0 saturated carbocycles. The van der Waals surface area contributed by atoms with Crippen LogP contribution >= 0.6 is 11.3 Å². The van der Waals surface area contributed by atoms with Gasteiger partial charge < -0.3 is 5.32 Å². The number of nitrogens with zero attached hydrogens (tertiary/aromatic N) is 2. The minimum absolute atomic E-state index is 0.0937. The van der Waals surface area contributed by atoms with Gasteiger partial charge in [-0.05, 0) is 12.5 Å². The highest BCUT2D eigenvalue weighted by Crippen LogP contribution is 2.23. The Kier molecular flexibility index (Phi) is 4.07. The van der Waals surface area contributed by atoms with Crippen molar-refractivity contribution in [3.05, 3.63) is 83.0 Å². The molecule has 0 aliphatic heterocycles. The van der Waals surface area contributed by atoms with Crippen molar-refractivity contribution in [3.63, 3.8) is 0 Å². The number of thiazole rings is 1. The molecule has 124 valence electrons. The first-order valence-corrected chi connectivity index (χ1v) is 8.94. The number of aromatic nitrogens is 2. The summed E-state index contributed by atoms with van der Waals surface area (Å²) in [6.45, 7) is 2.56. The van der Waals surface area contributed by atoms with Crippen LogP contribution in [0.3, 0.4) is 0 Å². The highest BCUT2D eigenvalue weighted by Gasteiger charge is 2.15. The van der Waals surface area contributed by atoms with E-state index in [2.05, 4.69) is 10.3 Å². The van der Waals surface area contributed by atoms with Gasteiger partial charge in [0.05, 0.1) is 5.69 Å². The van der Waals surface area contributed by atoms with Crippen LogP contribution < -0.4 is 5.32 Å². The predicted octanol–water partition coefficient (Wildman–Crippen LogP) is 4.30. The molecule has 1 amide bonds. The zero-order chi connectivity index (χ0) is 17.2. The second kappa shape index (κ2) is 6.53. The van der Waals surface area contributed by atoms with Crippen molar-refractivity contribution < 1.29 is 4.79 Å². The number of hydrogen-bond donors (Lipinski definition) is 1. The van der Waals surface area contributed by atoms with Crippen molar-refractivity contribution in [2.24, 2.45) is 0 Å². The number of aryl methyl sites for hydroxylation is 1. The van der Waals surface area contributed by atoms with Gasteiger partial charge >= 0.3 is 0 Å². The molecule has 0 unspecified atom stereocenters. The molecule has 0 fully saturated rings. The second-order valence-electron chi connectivity index (χ2n) is 5.93. The molecule has 1 N–H and O–H groups in total. The van der Waals surface area contributed by atoms with Crippen LogP contribution in [0.1, 0.15) is 21.6 Å². The molecular formula is C20H17N3OS. The Morgan fingerprint density at radius 1 is 1.12 bits per heavy atom. The third-order valence-corrected chi connectivity index (χ3v) is 4.92. The minimum Gasteiger partial charge on any atom is -0.347 e. The molecule has 0 radical (unpaired) electrons. The van der Waals surface area contributed by atoms with Crippen LogP contribution in [-0.4, -0.2) is 15.3 Å². The fourth-order valence-electron chi connectivity index (χ4n) is 2.67. The molecule has 2 heterocycles. The van der Waals surface area contributed by atoms with Gasteiger partial charge in [-0.25, -0.2) is 4.98 Å². The van der Waals surface area contributed by atoms with Crippen molar-refractivity contribution in [2.75, 3.05) is 0 Å². The summed E-state index contributed by atoms with van der Waals surface area (Å²) in [7, 11) is 0. The normalized spacial score (nSPS) is 10.9. The largest absolute Gasteiger partial charge is 0.347 e. The van der Waals surface area contributed by atoms with Gasteiger partial charge in [0.2, 0.25) is 0 Å². The van der Waals surface area contributed by atoms with Crippen LogP contribution in [0.2, 0.25) is 0 Å². The SMILES string of the molecule is Cc1ccc(CNC(=O)c2csc3nc(-c4ccccc4)cn23)cc1. The molecule has 4 rings (SSSR count). The van der Waals surface area contributed by atoms with Crippen molar-refractivity contribution in [1.82, 2.24) is 14.7 Å². The third kappa shape index (κ3) is 3.19. The highest BCUT2D eigenvalue weighted by molar-refractivity contribution is 7.15. The van der Waals surface area contributed by atoms with E-state index < -0.39 is 0 Å². The molecule has 4 aromatic rings. The monoisotopic (exact) mass is 347 g/mol. The molecule has 0 aliphatic carbocycles. The maximum Gasteiger partial charge on any atom is 0.269 e. The number of benzene rings is 2. The Morgan fingerprint density at radius 2 is 1.88 bits per heavy atom. The smallest absolute Gasteiger partial charge is 0.269 e. The summed E-state index contributed by atoms with van der Waals surface area (Å²) >= 11 is 1.47. The van der Waals surface area contributed by atoms with Crippen molar-refractivity contribution >= 4 is 22.2 Å². The Morgan fingerprint density at radius 3 is 2.64 bits per heavy atom. The van der Waals surface area contributed by atoms with Crippen LogP contribution in [-0.2, 0) is 6.54 Å². The number of carbonyl (C=O) groups is 1. The molecule has 0 bridgehead atoms. The first-order chi connectivity index (χ1) is 12.2. The number of imidazole rings is 1. The molecule has 5 heteroatoms. The number of hydrogen-bond acceptors (Lipinski definition) is 3. The van der Waals surface area contributed by atoms with Gasteiger partial charge in [0.15, 0.2) is 4.96 Å². The summed E-state index contributed by atoms with van der Waals surface area (Å²) in [5, 5.41) is 4.83. The maximum absolute atomic E-state index is 12.6. The van der Waals surface area contributed by atoms with Crippen LogP contribution in [0.5, 0.6) is 0 Å². The minimum atomic E-state index is -0.0937. The fourth-order valence-corrected chi connectivity index (χ4v) is 3.53. The van der Waals surface area contributed by atoms with Gasteiger partial charge in [0, 0.05) is 23.7 Å². The van der Waals surface area contributed by atoms with Crippen LogP contribution in [0.15, 0.2) is 66.2 Å². The number of carbonyl (C=O) groups excluding carboxylic acids is 1. The first-order valence-electron chi connectivity index (χ1n) is 8.06. The summed E-state index contributed by atoms with van der Waals surface area (Å²) in [5.74, 6) is -0.0937. The second-order valence-corrected chi connectivity index (χ2v) is 6.77. The molecule has 0 saturated heterocycles. The Hall–Kier alpha value is -2.92. The standard InChI is InChI=1S/C20H17N3OS/c1-14-7-9-15(10-8-14)11-21-19(24)18-13-25-20-22-17(12-23(18)20)16-5-3-2-4-6-16/h2-10,12-13H,11H2,1H3,(H,21,24). The van der Waals surface area contributed by atoms with E-state index >= 15 is 0 Å². The van der Waals surface area contributed by atoms with E-state index in [4.69, 9.17) is 0 Å². The lowest BCUT2D eigenvalue weighted by atomic mass is 10.1. The summed E-state index contributed by atoms with van der Waals surface area (Å²) in [6.07, 6.45) is 1.92. The average molecular weight is 347 g/mol. The van der Waals surface area contributed by atoms with E-state index in [1.54, 1.807) is 0 Å². The fraction of sp³-hybridized carbons (Fsp3) is 0.100. The molecule has 0 aliphatic rings. The quantitative estimate of drug-likeness (QED) is 0.598. The van der Waals surface area contributed by atoms with E-state index in [0.717, 1.165) is 21.8 Å². The summed E-state index contributed by atoms with van der Waals surface area (Å²) in [6, 6.07) is 18.1. The molecule has 2 aromatic heterocycles. The van der Waals surface area contributed by atoms with E-state index in [1.807, 2.05) is 77.5 Å². The Bertz CT molecular complexity index is 1020. The molecule has 2 aromatic carbocycles. The zero-order valence-corrected chi connectivity index (χ0v) is 14.6. The van der Waals surface area contributed by atoms with Gasteiger partial charge in [-0.15, -0.1) is 11.3 Å². The average Bonchev–Trinajstić information content (AvgIpc) is 3.22.